The van der Waals surface area contributed by atoms with Gasteiger partial charge in [-0.1, -0.05) is 35.0 Å². The van der Waals surface area contributed by atoms with Crippen LogP contribution in [0.25, 0.3) is 11.0 Å². The standard InChI is InChI=1S/C13H13Cl2N3O3S2/c14-7-3-9(15)12-10(4-7)17-13(18-12)22-5-11(19)16-8-1-2-23(20,21)6-8/h3-4,8H,1-2,5-6H2,(H,16,19)(H,17,18). The van der Waals surface area contributed by atoms with Crippen LogP contribution in [0, 0.1) is 0 Å². The highest BCUT2D eigenvalue weighted by Crippen LogP contribution is 2.28. The Balaban J connectivity index is 1.60. The van der Waals surface area contributed by atoms with Gasteiger partial charge in [-0.3, -0.25) is 4.79 Å². The molecule has 10 heteroatoms. The van der Waals surface area contributed by atoms with Gasteiger partial charge in [-0.15, -0.1) is 0 Å². The van der Waals surface area contributed by atoms with Crippen molar-refractivity contribution < 1.29 is 13.2 Å². The number of nitrogens with one attached hydrogen (secondary N) is 2. The van der Waals surface area contributed by atoms with Crippen LogP contribution >= 0.6 is 35.0 Å². The molecular formula is C13H13Cl2N3O3S2. The molecule has 3 rings (SSSR count). The first kappa shape index (κ1) is 16.9. The second-order valence-corrected chi connectivity index (χ2v) is 9.32. The van der Waals surface area contributed by atoms with E-state index in [1.54, 1.807) is 12.1 Å². The number of halogens is 2. The highest BCUT2D eigenvalue weighted by atomic mass is 35.5. The van der Waals surface area contributed by atoms with Crippen LogP contribution in [0.15, 0.2) is 17.3 Å². The molecule has 124 valence electrons. The van der Waals surface area contributed by atoms with Crippen LogP contribution in [-0.2, 0) is 14.6 Å². The highest BCUT2D eigenvalue weighted by molar-refractivity contribution is 7.99. The minimum atomic E-state index is -3.00. The van der Waals surface area contributed by atoms with Gasteiger partial charge in [0.05, 0.1) is 27.8 Å². The van der Waals surface area contributed by atoms with Crippen LogP contribution in [0.1, 0.15) is 6.42 Å². The summed E-state index contributed by atoms with van der Waals surface area (Å²) in [6.45, 7) is 0. The molecule has 6 nitrogen and oxygen atoms in total. The van der Waals surface area contributed by atoms with Crippen LogP contribution in [0.3, 0.4) is 0 Å². The molecule has 2 heterocycles. The lowest BCUT2D eigenvalue weighted by Crippen LogP contribution is -2.36. The number of aromatic nitrogens is 2. The van der Waals surface area contributed by atoms with Crippen molar-refractivity contribution in [3.8, 4) is 0 Å². The van der Waals surface area contributed by atoms with Crippen LogP contribution < -0.4 is 5.32 Å². The molecule has 1 fully saturated rings. The Labute approximate surface area is 147 Å². The average Bonchev–Trinajstić information content (AvgIpc) is 2.99. The summed E-state index contributed by atoms with van der Waals surface area (Å²) in [4.78, 5) is 19.3. The third-order valence-electron chi connectivity index (χ3n) is 3.42. The number of imidazole rings is 1. The second-order valence-electron chi connectivity index (χ2n) is 5.28. The lowest BCUT2D eigenvalue weighted by molar-refractivity contribution is -0.119. The number of hydrogen-bond acceptors (Lipinski definition) is 5. The van der Waals surface area contributed by atoms with Gasteiger partial charge in [-0.05, 0) is 18.6 Å². The summed E-state index contributed by atoms with van der Waals surface area (Å²) in [6.07, 6.45) is 0.470. The number of hydrogen-bond donors (Lipinski definition) is 2. The van der Waals surface area contributed by atoms with E-state index in [1.165, 1.54) is 11.8 Å². The van der Waals surface area contributed by atoms with Crippen molar-refractivity contribution >= 4 is 61.7 Å². The Bertz CT molecular complexity index is 867. The summed E-state index contributed by atoms with van der Waals surface area (Å²) >= 11 is 13.2. The summed E-state index contributed by atoms with van der Waals surface area (Å²) in [5.74, 6) is 0.0688. The summed E-state index contributed by atoms with van der Waals surface area (Å²) in [5.41, 5.74) is 1.30. The monoisotopic (exact) mass is 393 g/mol. The quantitative estimate of drug-likeness (QED) is 0.777. The van der Waals surface area contributed by atoms with Crippen LogP contribution in [0.4, 0.5) is 0 Å². The van der Waals surface area contributed by atoms with Crippen LogP contribution in [0.2, 0.25) is 10.0 Å². The first-order chi connectivity index (χ1) is 10.8. The van der Waals surface area contributed by atoms with Gasteiger partial charge in [-0.25, -0.2) is 13.4 Å². The van der Waals surface area contributed by atoms with Crippen molar-refractivity contribution in [1.82, 2.24) is 15.3 Å². The fraction of sp³-hybridized carbons (Fsp3) is 0.385. The molecule has 2 aromatic rings. The number of rotatable bonds is 4. The lowest BCUT2D eigenvalue weighted by Gasteiger charge is -2.09. The Morgan fingerprint density at radius 1 is 1.43 bits per heavy atom. The minimum absolute atomic E-state index is 0.0160. The maximum absolute atomic E-state index is 11.9. The topological polar surface area (TPSA) is 91.9 Å². The number of nitrogens with zero attached hydrogens (tertiary/aromatic N) is 1. The molecule has 1 aliphatic heterocycles. The van der Waals surface area contributed by atoms with Gasteiger partial charge in [0, 0.05) is 11.1 Å². The molecule has 1 saturated heterocycles. The van der Waals surface area contributed by atoms with E-state index in [0.29, 0.717) is 32.7 Å². The molecule has 1 unspecified atom stereocenters. The fourth-order valence-electron chi connectivity index (χ4n) is 2.40. The molecule has 0 spiro atoms. The molecule has 2 N–H and O–H groups in total. The third kappa shape index (κ3) is 4.12. The van der Waals surface area contributed by atoms with Crippen molar-refractivity contribution in [2.75, 3.05) is 17.3 Å². The maximum Gasteiger partial charge on any atom is 0.230 e. The predicted molar refractivity (Wildman–Crippen MR) is 92.0 cm³/mol. The predicted octanol–water partition coefficient (Wildman–Crippen LogP) is 2.27. The Kier molecular flexibility index (Phi) is 4.78. The van der Waals surface area contributed by atoms with E-state index < -0.39 is 9.84 Å². The van der Waals surface area contributed by atoms with Gasteiger partial charge in [-0.2, -0.15) is 0 Å². The van der Waals surface area contributed by atoms with E-state index >= 15 is 0 Å². The molecule has 23 heavy (non-hydrogen) atoms. The Morgan fingerprint density at radius 3 is 2.91 bits per heavy atom. The number of thioether (sulfide) groups is 1. The molecule has 0 radical (unpaired) electrons. The smallest absolute Gasteiger partial charge is 0.230 e. The first-order valence-corrected chi connectivity index (χ1v) is 10.4. The fourth-order valence-corrected chi connectivity index (χ4v) is 5.30. The van der Waals surface area contributed by atoms with Crippen molar-refractivity contribution in [1.29, 1.82) is 0 Å². The van der Waals surface area contributed by atoms with E-state index in [0.717, 1.165) is 0 Å². The normalized spacial score (nSPS) is 20.0. The van der Waals surface area contributed by atoms with Gasteiger partial charge in [0.25, 0.3) is 0 Å². The first-order valence-electron chi connectivity index (χ1n) is 6.80. The highest BCUT2D eigenvalue weighted by Gasteiger charge is 2.28. The molecule has 1 aromatic carbocycles. The Morgan fingerprint density at radius 2 is 2.22 bits per heavy atom. The van der Waals surface area contributed by atoms with Crippen molar-refractivity contribution in [2.45, 2.75) is 17.6 Å². The van der Waals surface area contributed by atoms with Gasteiger partial charge >= 0.3 is 0 Å². The van der Waals surface area contributed by atoms with Gasteiger partial charge in [0.1, 0.15) is 5.52 Å². The molecule has 1 aliphatic rings. The SMILES string of the molecule is O=C(CSc1nc2c(Cl)cc(Cl)cc2[nH]1)NC1CCS(=O)(=O)C1. The largest absolute Gasteiger partial charge is 0.352 e. The van der Waals surface area contributed by atoms with Gasteiger partial charge < -0.3 is 10.3 Å². The zero-order valence-corrected chi connectivity index (χ0v) is 14.9. The number of sulfone groups is 1. The number of carbonyl (C=O) groups is 1. The summed E-state index contributed by atoms with van der Waals surface area (Å²) < 4.78 is 22.7. The van der Waals surface area contributed by atoms with Gasteiger partial charge in [0.15, 0.2) is 15.0 Å². The molecular weight excluding hydrogens is 381 g/mol. The Hall–Kier alpha value is -0.960. The van der Waals surface area contributed by atoms with E-state index in [-0.39, 0.29) is 29.2 Å². The van der Waals surface area contributed by atoms with E-state index in [4.69, 9.17) is 23.2 Å². The summed E-state index contributed by atoms with van der Waals surface area (Å²) in [6, 6.07) is 3.02. The lowest BCUT2D eigenvalue weighted by atomic mass is 10.3. The molecule has 0 bridgehead atoms. The number of aromatic amines is 1. The summed E-state index contributed by atoms with van der Waals surface area (Å²) in [5, 5.41) is 4.23. The molecule has 0 aliphatic carbocycles. The number of benzene rings is 1. The minimum Gasteiger partial charge on any atom is -0.352 e. The molecule has 1 atom stereocenters. The van der Waals surface area contributed by atoms with Crippen molar-refractivity contribution in [3.63, 3.8) is 0 Å². The molecule has 1 amide bonds. The van der Waals surface area contributed by atoms with Crippen LogP contribution in [0.5, 0.6) is 0 Å². The average molecular weight is 394 g/mol. The van der Waals surface area contributed by atoms with Crippen molar-refractivity contribution in [2.24, 2.45) is 0 Å². The van der Waals surface area contributed by atoms with Crippen molar-refractivity contribution in [3.05, 3.63) is 22.2 Å². The second kappa shape index (κ2) is 6.51. The van der Waals surface area contributed by atoms with E-state index in [2.05, 4.69) is 15.3 Å². The number of fused-ring (bicyclic) bond motifs is 1. The van der Waals surface area contributed by atoms with Gasteiger partial charge in [0.2, 0.25) is 5.91 Å². The van der Waals surface area contributed by atoms with Crippen LogP contribution in [-0.4, -0.2) is 47.6 Å². The molecule has 0 saturated carbocycles. The maximum atomic E-state index is 11.9. The molecule has 1 aromatic heterocycles. The number of amides is 1. The number of H-pyrrole nitrogens is 1. The summed E-state index contributed by atoms with van der Waals surface area (Å²) in [7, 11) is -3.00. The zero-order valence-electron chi connectivity index (χ0n) is 11.8. The zero-order chi connectivity index (χ0) is 16.6. The third-order valence-corrected chi connectivity index (χ3v) is 6.57. The van der Waals surface area contributed by atoms with E-state index in [1.807, 2.05) is 0 Å². The van der Waals surface area contributed by atoms with E-state index in [9.17, 15) is 13.2 Å². The number of carbonyl (C=O) groups excluding carboxylic acids is 1.